The first kappa shape index (κ1) is 17.9. The van der Waals surface area contributed by atoms with Gasteiger partial charge >= 0.3 is 0 Å². The number of nitrogens with one attached hydrogen (secondary N) is 1. The van der Waals surface area contributed by atoms with E-state index in [0.717, 1.165) is 50.3 Å². The van der Waals surface area contributed by atoms with E-state index in [2.05, 4.69) is 39.4 Å². The first-order valence-corrected chi connectivity index (χ1v) is 9.73. The predicted molar refractivity (Wildman–Crippen MR) is 107 cm³/mol. The Kier molecular flexibility index (Phi) is 5.30. The molecule has 0 bridgehead atoms. The van der Waals surface area contributed by atoms with Gasteiger partial charge in [0.1, 0.15) is 11.8 Å². The third kappa shape index (κ3) is 4.25. The van der Waals surface area contributed by atoms with Gasteiger partial charge in [0.05, 0.1) is 7.11 Å². The lowest BCUT2D eigenvalue weighted by Gasteiger charge is -2.39. The van der Waals surface area contributed by atoms with E-state index in [4.69, 9.17) is 4.74 Å². The van der Waals surface area contributed by atoms with Crippen molar-refractivity contribution in [3.63, 3.8) is 0 Å². The van der Waals surface area contributed by atoms with Crippen LogP contribution in [0.25, 0.3) is 0 Å². The predicted octanol–water partition coefficient (Wildman–Crippen LogP) is 2.84. The lowest BCUT2D eigenvalue weighted by molar-refractivity contribution is -0.127. The van der Waals surface area contributed by atoms with Crippen molar-refractivity contribution in [2.45, 2.75) is 24.9 Å². The van der Waals surface area contributed by atoms with Crippen molar-refractivity contribution in [1.82, 2.24) is 10.2 Å². The van der Waals surface area contributed by atoms with Crippen LogP contribution in [-0.4, -0.2) is 50.1 Å². The highest BCUT2D eigenvalue weighted by molar-refractivity contribution is 5.83. The van der Waals surface area contributed by atoms with Crippen LogP contribution in [0.2, 0.25) is 0 Å². The quantitative estimate of drug-likeness (QED) is 0.855. The number of amides is 1. The Morgan fingerprint density at radius 2 is 1.78 bits per heavy atom. The summed E-state index contributed by atoms with van der Waals surface area (Å²) in [6.45, 7) is 3.50. The number of benzene rings is 2. The molecule has 0 radical (unpaired) electrons. The third-order valence-electron chi connectivity index (χ3n) is 5.39. The fourth-order valence-electron chi connectivity index (χ4n) is 3.72. The molecule has 1 N–H and O–H groups in total. The Bertz CT molecular complexity index is 768. The molecule has 2 aliphatic rings. The van der Waals surface area contributed by atoms with E-state index < -0.39 is 0 Å². The summed E-state index contributed by atoms with van der Waals surface area (Å²) in [4.78, 5) is 17.6. The van der Waals surface area contributed by atoms with Gasteiger partial charge in [-0.25, -0.2) is 0 Å². The van der Waals surface area contributed by atoms with Gasteiger partial charge in [-0.05, 0) is 30.5 Å². The van der Waals surface area contributed by atoms with E-state index in [9.17, 15) is 4.79 Å². The zero-order valence-corrected chi connectivity index (χ0v) is 15.8. The topological polar surface area (TPSA) is 44.8 Å². The van der Waals surface area contributed by atoms with Gasteiger partial charge in [0.2, 0.25) is 5.91 Å². The molecular weight excluding hydrogens is 338 g/mol. The molecule has 2 aromatic carbocycles. The summed E-state index contributed by atoms with van der Waals surface area (Å²) in [5, 5.41) is 3.20. The van der Waals surface area contributed by atoms with Crippen LogP contribution in [0.5, 0.6) is 5.75 Å². The first-order chi connectivity index (χ1) is 13.2. The van der Waals surface area contributed by atoms with Crippen molar-refractivity contribution in [3.05, 3.63) is 60.2 Å². The average molecular weight is 365 g/mol. The van der Waals surface area contributed by atoms with Crippen molar-refractivity contribution < 1.29 is 9.53 Å². The standard InChI is InChI=1S/C22H27N3O2/c1-27-20-9-5-8-19(16-20)24-12-14-25(15-13-24)21(17-6-3-2-4-7-17)22(26)23-18-10-11-18/h2-9,16,18,21H,10-15H2,1H3,(H,23,26)/t21-/m1/s1. The highest BCUT2D eigenvalue weighted by Crippen LogP contribution is 2.28. The molecule has 1 saturated heterocycles. The van der Waals surface area contributed by atoms with Gasteiger partial charge in [-0.2, -0.15) is 0 Å². The summed E-state index contributed by atoms with van der Waals surface area (Å²) >= 11 is 0. The summed E-state index contributed by atoms with van der Waals surface area (Å²) in [5.74, 6) is 1.01. The Labute approximate surface area is 160 Å². The van der Waals surface area contributed by atoms with E-state index in [1.165, 1.54) is 5.69 Å². The number of nitrogens with zero attached hydrogens (tertiary/aromatic N) is 2. The Morgan fingerprint density at radius 3 is 2.44 bits per heavy atom. The van der Waals surface area contributed by atoms with Crippen molar-refractivity contribution in [2.75, 3.05) is 38.2 Å². The Balaban J connectivity index is 1.46. The van der Waals surface area contributed by atoms with Crippen LogP contribution in [0.4, 0.5) is 5.69 Å². The van der Waals surface area contributed by atoms with Crippen molar-refractivity contribution >= 4 is 11.6 Å². The summed E-state index contributed by atoms with van der Waals surface area (Å²) in [6.07, 6.45) is 2.22. The van der Waals surface area contributed by atoms with Crippen molar-refractivity contribution in [3.8, 4) is 5.75 Å². The second-order valence-corrected chi connectivity index (χ2v) is 7.32. The number of piperazine rings is 1. The Morgan fingerprint density at radius 1 is 1.04 bits per heavy atom. The van der Waals surface area contributed by atoms with E-state index in [-0.39, 0.29) is 11.9 Å². The SMILES string of the molecule is COc1cccc(N2CCN([C@@H](C(=O)NC3CC3)c3ccccc3)CC2)c1. The first-order valence-electron chi connectivity index (χ1n) is 9.73. The van der Waals surface area contributed by atoms with Gasteiger partial charge < -0.3 is 15.0 Å². The van der Waals surface area contributed by atoms with Gasteiger partial charge in [-0.15, -0.1) is 0 Å². The van der Waals surface area contributed by atoms with Gasteiger partial charge in [0.15, 0.2) is 0 Å². The summed E-state index contributed by atoms with van der Waals surface area (Å²) in [5.41, 5.74) is 2.25. The zero-order valence-electron chi connectivity index (χ0n) is 15.8. The Hall–Kier alpha value is -2.53. The maximum Gasteiger partial charge on any atom is 0.242 e. The molecule has 4 rings (SSSR count). The molecule has 1 saturated carbocycles. The lowest BCUT2D eigenvalue weighted by atomic mass is 10.0. The minimum atomic E-state index is -0.209. The molecule has 142 valence electrons. The van der Waals surface area contributed by atoms with Crippen LogP contribution in [0.15, 0.2) is 54.6 Å². The second-order valence-electron chi connectivity index (χ2n) is 7.32. The summed E-state index contributed by atoms with van der Waals surface area (Å²) < 4.78 is 5.35. The van der Waals surface area contributed by atoms with E-state index in [1.54, 1.807) is 7.11 Å². The smallest absolute Gasteiger partial charge is 0.242 e. The zero-order chi connectivity index (χ0) is 18.6. The van der Waals surface area contributed by atoms with Crippen LogP contribution in [0, 0.1) is 0 Å². The number of rotatable bonds is 6. The molecule has 27 heavy (non-hydrogen) atoms. The van der Waals surface area contributed by atoms with Gasteiger partial charge in [-0.1, -0.05) is 36.4 Å². The van der Waals surface area contributed by atoms with Gasteiger partial charge in [-0.3, -0.25) is 9.69 Å². The fourth-order valence-corrected chi connectivity index (χ4v) is 3.72. The maximum atomic E-state index is 12.9. The molecule has 5 nitrogen and oxygen atoms in total. The largest absolute Gasteiger partial charge is 0.497 e. The lowest BCUT2D eigenvalue weighted by Crippen LogP contribution is -2.51. The van der Waals surface area contributed by atoms with Gasteiger partial charge in [0, 0.05) is 44.0 Å². The second kappa shape index (κ2) is 8.01. The summed E-state index contributed by atoms with van der Waals surface area (Å²) in [7, 11) is 1.69. The molecule has 0 aromatic heterocycles. The number of hydrogen-bond acceptors (Lipinski definition) is 4. The molecule has 2 aromatic rings. The molecular formula is C22H27N3O2. The van der Waals surface area contributed by atoms with E-state index in [1.807, 2.05) is 30.3 Å². The number of carbonyl (C=O) groups excluding carboxylic acids is 1. The summed E-state index contributed by atoms with van der Waals surface area (Å²) in [6, 6.07) is 18.5. The normalized spacial score (nSPS) is 18.8. The maximum absolute atomic E-state index is 12.9. The van der Waals surface area contributed by atoms with Crippen LogP contribution < -0.4 is 15.0 Å². The monoisotopic (exact) mass is 365 g/mol. The number of ether oxygens (including phenoxy) is 1. The number of hydrogen-bond donors (Lipinski definition) is 1. The number of carbonyl (C=O) groups is 1. The van der Waals surface area contributed by atoms with Crippen LogP contribution in [0.3, 0.4) is 0 Å². The molecule has 2 fully saturated rings. The minimum Gasteiger partial charge on any atom is -0.497 e. The molecule has 1 atom stereocenters. The van der Waals surface area contributed by atoms with Crippen LogP contribution in [-0.2, 0) is 4.79 Å². The highest BCUT2D eigenvalue weighted by atomic mass is 16.5. The molecule has 1 aliphatic heterocycles. The van der Waals surface area contributed by atoms with Crippen molar-refractivity contribution in [1.29, 1.82) is 0 Å². The third-order valence-corrected chi connectivity index (χ3v) is 5.39. The average Bonchev–Trinajstić information content (AvgIpc) is 3.53. The number of anilines is 1. The molecule has 0 spiro atoms. The van der Waals surface area contributed by atoms with Crippen LogP contribution >= 0.6 is 0 Å². The van der Waals surface area contributed by atoms with Crippen LogP contribution in [0.1, 0.15) is 24.4 Å². The molecule has 0 unspecified atom stereocenters. The van der Waals surface area contributed by atoms with Crippen molar-refractivity contribution in [2.24, 2.45) is 0 Å². The van der Waals surface area contributed by atoms with Gasteiger partial charge in [0.25, 0.3) is 0 Å². The molecule has 1 aliphatic carbocycles. The fraction of sp³-hybridized carbons (Fsp3) is 0.409. The van der Waals surface area contributed by atoms with E-state index >= 15 is 0 Å². The molecule has 5 heteroatoms. The highest BCUT2D eigenvalue weighted by Gasteiger charge is 2.33. The molecule has 1 amide bonds. The number of methoxy groups -OCH3 is 1. The van der Waals surface area contributed by atoms with E-state index in [0.29, 0.717) is 6.04 Å². The minimum absolute atomic E-state index is 0.138. The molecule has 1 heterocycles.